The average molecular weight is 380 g/mol. The highest BCUT2D eigenvalue weighted by Gasteiger charge is 2.17. The van der Waals surface area contributed by atoms with Crippen molar-refractivity contribution in [1.29, 1.82) is 0 Å². The lowest BCUT2D eigenvalue weighted by molar-refractivity contribution is 0.122. The van der Waals surface area contributed by atoms with Crippen LogP contribution in [0.2, 0.25) is 0 Å². The molecule has 148 valence electrons. The summed E-state index contributed by atoms with van der Waals surface area (Å²) in [5.41, 5.74) is 2.14. The molecule has 3 N–H and O–H groups in total. The van der Waals surface area contributed by atoms with Gasteiger partial charge >= 0.3 is 0 Å². The highest BCUT2D eigenvalue weighted by molar-refractivity contribution is 5.93. The van der Waals surface area contributed by atoms with Crippen molar-refractivity contribution in [3.63, 3.8) is 0 Å². The Labute approximate surface area is 165 Å². The summed E-state index contributed by atoms with van der Waals surface area (Å²) in [6, 6.07) is 10.4. The first-order valence-electron chi connectivity index (χ1n) is 10.0. The van der Waals surface area contributed by atoms with Crippen molar-refractivity contribution < 1.29 is 4.74 Å². The Morgan fingerprint density at radius 3 is 2.82 bits per heavy atom. The van der Waals surface area contributed by atoms with Crippen molar-refractivity contribution in [3.8, 4) is 11.4 Å². The van der Waals surface area contributed by atoms with Crippen LogP contribution in [-0.2, 0) is 4.74 Å². The van der Waals surface area contributed by atoms with Gasteiger partial charge in [-0.1, -0.05) is 12.1 Å². The van der Waals surface area contributed by atoms with Crippen LogP contribution in [0.5, 0.6) is 0 Å². The number of fused-ring (bicyclic) bond motifs is 1. The summed E-state index contributed by atoms with van der Waals surface area (Å²) < 4.78 is 5.51. The standard InChI is InChI=1S/C21H28N6O/c1-22-8-2-3-9-24-19-15-20(27-11-13-28-14-12-27)26-21(25-19)17-5-4-6-18-16(17)7-10-23-18/h4-7,10,15,22-23H,2-3,8-9,11-14H2,1H3,(H,24,25,26). The molecule has 0 spiro atoms. The monoisotopic (exact) mass is 380 g/mol. The van der Waals surface area contributed by atoms with E-state index in [4.69, 9.17) is 14.7 Å². The number of morpholine rings is 1. The van der Waals surface area contributed by atoms with E-state index in [1.807, 2.05) is 19.3 Å². The molecule has 0 radical (unpaired) electrons. The number of aromatic amines is 1. The third-order valence-electron chi connectivity index (χ3n) is 5.04. The van der Waals surface area contributed by atoms with E-state index in [-0.39, 0.29) is 0 Å². The fourth-order valence-electron chi connectivity index (χ4n) is 3.52. The van der Waals surface area contributed by atoms with Crippen LogP contribution in [0.4, 0.5) is 11.6 Å². The molecule has 0 unspecified atom stereocenters. The highest BCUT2D eigenvalue weighted by atomic mass is 16.5. The minimum Gasteiger partial charge on any atom is -0.378 e. The maximum absolute atomic E-state index is 5.51. The highest BCUT2D eigenvalue weighted by Crippen LogP contribution is 2.28. The van der Waals surface area contributed by atoms with Crippen molar-refractivity contribution in [1.82, 2.24) is 20.3 Å². The normalized spacial score (nSPS) is 14.5. The van der Waals surface area contributed by atoms with Gasteiger partial charge in [-0.25, -0.2) is 9.97 Å². The topological polar surface area (TPSA) is 78.1 Å². The van der Waals surface area contributed by atoms with Crippen LogP contribution in [0.15, 0.2) is 36.5 Å². The predicted octanol–water partition coefficient (Wildman–Crippen LogP) is 2.87. The summed E-state index contributed by atoms with van der Waals surface area (Å²) in [7, 11) is 1.99. The van der Waals surface area contributed by atoms with Crippen LogP contribution in [0.25, 0.3) is 22.3 Å². The quantitative estimate of drug-likeness (QED) is 0.522. The van der Waals surface area contributed by atoms with Gasteiger partial charge in [0.25, 0.3) is 0 Å². The second kappa shape index (κ2) is 9.03. The average Bonchev–Trinajstić information content (AvgIpc) is 3.23. The molecule has 1 fully saturated rings. The van der Waals surface area contributed by atoms with Crippen LogP contribution in [0, 0.1) is 0 Å². The number of rotatable bonds is 8. The molecular weight excluding hydrogens is 352 g/mol. The summed E-state index contributed by atoms with van der Waals surface area (Å²) in [6.07, 6.45) is 4.20. The fraction of sp³-hybridized carbons (Fsp3) is 0.429. The number of unbranched alkanes of at least 4 members (excludes halogenated alkanes) is 1. The predicted molar refractivity (Wildman–Crippen MR) is 114 cm³/mol. The SMILES string of the molecule is CNCCCCNc1cc(N2CCOCC2)nc(-c2cccc3[nH]ccc23)n1. The van der Waals surface area contributed by atoms with Crippen LogP contribution in [-0.4, -0.2) is 61.4 Å². The van der Waals surface area contributed by atoms with E-state index in [1.54, 1.807) is 0 Å². The molecule has 3 heterocycles. The number of benzene rings is 1. The lowest BCUT2D eigenvalue weighted by Gasteiger charge is -2.28. The van der Waals surface area contributed by atoms with E-state index in [0.717, 1.165) is 86.2 Å². The van der Waals surface area contributed by atoms with E-state index < -0.39 is 0 Å². The minimum atomic E-state index is 0.736. The summed E-state index contributed by atoms with van der Waals surface area (Å²) in [5, 5.41) is 7.82. The third-order valence-corrected chi connectivity index (χ3v) is 5.04. The van der Waals surface area contributed by atoms with Gasteiger partial charge < -0.3 is 25.3 Å². The Balaban J connectivity index is 1.64. The molecule has 1 saturated heterocycles. The lowest BCUT2D eigenvalue weighted by atomic mass is 10.1. The molecule has 0 atom stereocenters. The number of H-pyrrole nitrogens is 1. The van der Waals surface area contributed by atoms with Crippen molar-refractivity contribution in [3.05, 3.63) is 36.5 Å². The zero-order valence-electron chi connectivity index (χ0n) is 16.4. The van der Waals surface area contributed by atoms with Gasteiger partial charge in [0.1, 0.15) is 11.6 Å². The van der Waals surface area contributed by atoms with Gasteiger partial charge in [-0.2, -0.15) is 0 Å². The fourth-order valence-corrected chi connectivity index (χ4v) is 3.52. The van der Waals surface area contributed by atoms with Gasteiger partial charge in [-0.15, -0.1) is 0 Å². The zero-order chi connectivity index (χ0) is 19.2. The number of anilines is 2. The van der Waals surface area contributed by atoms with Gasteiger partial charge in [-0.05, 0) is 38.6 Å². The number of ether oxygens (including phenoxy) is 1. The molecule has 28 heavy (non-hydrogen) atoms. The molecule has 0 bridgehead atoms. The van der Waals surface area contributed by atoms with E-state index in [2.05, 4.69) is 44.8 Å². The number of aromatic nitrogens is 3. The molecule has 0 amide bonds. The van der Waals surface area contributed by atoms with E-state index >= 15 is 0 Å². The van der Waals surface area contributed by atoms with Gasteiger partial charge in [0, 0.05) is 48.4 Å². The van der Waals surface area contributed by atoms with Crippen molar-refractivity contribution in [2.45, 2.75) is 12.8 Å². The van der Waals surface area contributed by atoms with E-state index in [0.29, 0.717) is 0 Å². The Morgan fingerprint density at radius 1 is 1.11 bits per heavy atom. The summed E-state index contributed by atoms with van der Waals surface area (Å²) in [5.74, 6) is 2.59. The van der Waals surface area contributed by atoms with Crippen LogP contribution in [0.3, 0.4) is 0 Å². The van der Waals surface area contributed by atoms with Crippen LogP contribution >= 0.6 is 0 Å². The molecule has 7 heteroatoms. The van der Waals surface area contributed by atoms with Gasteiger partial charge in [0.2, 0.25) is 0 Å². The Morgan fingerprint density at radius 2 is 1.96 bits per heavy atom. The van der Waals surface area contributed by atoms with E-state index in [9.17, 15) is 0 Å². The molecular formula is C21H28N6O. The number of nitrogens with zero attached hydrogens (tertiary/aromatic N) is 3. The Bertz CT molecular complexity index is 903. The largest absolute Gasteiger partial charge is 0.378 e. The summed E-state index contributed by atoms with van der Waals surface area (Å²) in [4.78, 5) is 15.3. The van der Waals surface area contributed by atoms with Crippen LogP contribution in [0.1, 0.15) is 12.8 Å². The first kappa shape index (κ1) is 18.7. The molecule has 7 nitrogen and oxygen atoms in total. The van der Waals surface area contributed by atoms with E-state index in [1.165, 1.54) is 0 Å². The molecule has 1 aliphatic heterocycles. The lowest BCUT2D eigenvalue weighted by Crippen LogP contribution is -2.36. The number of hydrogen-bond donors (Lipinski definition) is 3. The molecule has 0 aliphatic carbocycles. The van der Waals surface area contributed by atoms with Gasteiger partial charge in [0.15, 0.2) is 5.82 Å². The molecule has 0 saturated carbocycles. The van der Waals surface area contributed by atoms with Crippen molar-refractivity contribution in [2.24, 2.45) is 0 Å². The molecule has 1 aromatic carbocycles. The second-order valence-corrected chi connectivity index (χ2v) is 7.02. The Kier molecular flexibility index (Phi) is 6.04. The maximum atomic E-state index is 5.51. The molecule has 3 aromatic rings. The summed E-state index contributed by atoms with van der Waals surface area (Å²) >= 11 is 0. The maximum Gasteiger partial charge on any atom is 0.164 e. The zero-order valence-corrected chi connectivity index (χ0v) is 16.4. The van der Waals surface area contributed by atoms with Gasteiger partial charge in [-0.3, -0.25) is 0 Å². The van der Waals surface area contributed by atoms with Crippen LogP contribution < -0.4 is 15.5 Å². The van der Waals surface area contributed by atoms with Crippen molar-refractivity contribution >= 4 is 22.5 Å². The molecule has 2 aromatic heterocycles. The van der Waals surface area contributed by atoms with Crippen molar-refractivity contribution in [2.75, 3.05) is 56.7 Å². The second-order valence-electron chi connectivity index (χ2n) is 7.02. The third kappa shape index (κ3) is 4.26. The molecule has 1 aliphatic rings. The first-order chi connectivity index (χ1) is 13.8. The van der Waals surface area contributed by atoms with Gasteiger partial charge in [0.05, 0.1) is 13.2 Å². The minimum absolute atomic E-state index is 0.736. The Hall–Kier alpha value is -2.64. The number of nitrogens with one attached hydrogen (secondary N) is 3. The first-order valence-corrected chi connectivity index (χ1v) is 10.0. The smallest absolute Gasteiger partial charge is 0.164 e. The molecule has 4 rings (SSSR count). The summed E-state index contributed by atoms with van der Waals surface area (Å²) in [6.45, 7) is 5.11. The number of hydrogen-bond acceptors (Lipinski definition) is 6.